The normalized spacial score (nSPS) is 18.0. The van der Waals surface area contributed by atoms with Gasteiger partial charge in [-0.2, -0.15) is 5.10 Å². The molecule has 0 aliphatic carbocycles. The molecule has 6 nitrogen and oxygen atoms in total. The molecule has 6 heteroatoms. The van der Waals surface area contributed by atoms with E-state index in [9.17, 15) is 4.79 Å². The Balaban J connectivity index is 1.75. The molecule has 1 aliphatic rings. The third kappa shape index (κ3) is 2.47. The van der Waals surface area contributed by atoms with E-state index >= 15 is 0 Å². The number of aromatic nitrogens is 3. The Hall–Kier alpha value is -2.73. The summed E-state index contributed by atoms with van der Waals surface area (Å²) in [7, 11) is 0. The van der Waals surface area contributed by atoms with Gasteiger partial charge >= 0.3 is 0 Å². The summed E-state index contributed by atoms with van der Waals surface area (Å²) < 4.78 is 0. The number of H-pyrrole nitrogens is 1. The van der Waals surface area contributed by atoms with Crippen LogP contribution in [0.1, 0.15) is 16.7 Å². The van der Waals surface area contributed by atoms with Crippen LogP contribution in [-0.2, 0) is 24.3 Å². The second kappa shape index (κ2) is 5.48. The number of nitrogens with one attached hydrogen (secondary N) is 1. The fourth-order valence-electron chi connectivity index (χ4n) is 3.17. The van der Waals surface area contributed by atoms with Crippen molar-refractivity contribution >= 4 is 16.8 Å². The minimum Gasteiger partial charge on any atom is -0.333 e. The van der Waals surface area contributed by atoms with Crippen LogP contribution in [0.25, 0.3) is 10.9 Å². The quantitative estimate of drug-likeness (QED) is 0.748. The van der Waals surface area contributed by atoms with Gasteiger partial charge in [-0.15, -0.1) is 0 Å². The summed E-state index contributed by atoms with van der Waals surface area (Å²) >= 11 is 0. The molecule has 116 valence electrons. The van der Waals surface area contributed by atoms with Gasteiger partial charge in [-0.3, -0.25) is 14.9 Å². The standard InChI is InChI=1S/C17H17N5O/c18-15-7-12-1-2-16-13(8-20-21-16)14(12)10-22(17(15)23)9-11-3-5-19-6-4-11/h1-6,8,15H,7,9-10,18H2,(H,20,21). The highest BCUT2D eigenvalue weighted by Crippen LogP contribution is 2.27. The molecule has 0 saturated heterocycles. The first kappa shape index (κ1) is 13.9. The Kier molecular flexibility index (Phi) is 3.31. The first-order chi connectivity index (χ1) is 11.2. The second-order valence-corrected chi connectivity index (χ2v) is 5.89. The van der Waals surface area contributed by atoms with E-state index in [1.807, 2.05) is 35.4 Å². The number of nitrogens with zero attached hydrogens (tertiary/aromatic N) is 3. The molecular formula is C17H17N5O. The van der Waals surface area contributed by atoms with E-state index in [0.717, 1.165) is 27.6 Å². The highest BCUT2D eigenvalue weighted by atomic mass is 16.2. The zero-order valence-electron chi connectivity index (χ0n) is 12.6. The molecule has 0 radical (unpaired) electrons. The summed E-state index contributed by atoms with van der Waals surface area (Å²) in [5, 5.41) is 8.16. The Bertz CT molecular complexity index is 858. The average Bonchev–Trinajstić information content (AvgIpc) is 3.01. The van der Waals surface area contributed by atoms with E-state index in [-0.39, 0.29) is 5.91 Å². The molecule has 3 heterocycles. The Morgan fingerprint density at radius 2 is 2.09 bits per heavy atom. The maximum atomic E-state index is 12.7. The molecule has 1 unspecified atom stereocenters. The number of fused-ring (bicyclic) bond motifs is 3. The van der Waals surface area contributed by atoms with Crippen LogP contribution in [0.5, 0.6) is 0 Å². The number of hydrogen-bond donors (Lipinski definition) is 2. The van der Waals surface area contributed by atoms with Gasteiger partial charge in [0.25, 0.3) is 0 Å². The molecule has 1 aromatic carbocycles. The molecule has 3 N–H and O–H groups in total. The Morgan fingerprint density at radius 1 is 1.26 bits per heavy atom. The lowest BCUT2D eigenvalue weighted by Gasteiger charge is -2.23. The van der Waals surface area contributed by atoms with Gasteiger partial charge in [-0.25, -0.2) is 0 Å². The van der Waals surface area contributed by atoms with E-state index in [4.69, 9.17) is 5.73 Å². The van der Waals surface area contributed by atoms with Crippen LogP contribution in [0, 0.1) is 0 Å². The maximum Gasteiger partial charge on any atom is 0.240 e. The lowest BCUT2D eigenvalue weighted by atomic mass is 9.99. The van der Waals surface area contributed by atoms with Crippen molar-refractivity contribution in [2.45, 2.75) is 25.6 Å². The van der Waals surface area contributed by atoms with Gasteiger partial charge in [0.05, 0.1) is 17.8 Å². The van der Waals surface area contributed by atoms with Gasteiger partial charge in [-0.1, -0.05) is 6.07 Å². The van der Waals surface area contributed by atoms with Crippen molar-refractivity contribution < 1.29 is 4.79 Å². The minimum atomic E-state index is -0.512. The molecule has 1 atom stereocenters. The minimum absolute atomic E-state index is 0.0188. The smallest absolute Gasteiger partial charge is 0.240 e. The molecule has 23 heavy (non-hydrogen) atoms. The lowest BCUT2D eigenvalue weighted by Crippen LogP contribution is -2.42. The van der Waals surface area contributed by atoms with Gasteiger partial charge in [0.15, 0.2) is 0 Å². The van der Waals surface area contributed by atoms with Gasteiger partial charge in [0, 0.05) is 30.9 Å². The zero-order chi connectivity index (χ0) is 15.8. The predicted molar refractivity (Wildman–Crippen MR) is 86.3 cm³/mol. The first-order valence-electron chi connectivity index (χ1n) is 7.59. The van der Waals surface area contributed by atoms with Crippen molar-refractivity contribution in [1.29, 1.82) is 0 Å². The SMILES string of the molecule is NC1Cc2ccc3[nH]ncc3c2CN(Cc2ccncc2)C1=O. The number of amides is 1. The van der Waals surface area contributed by atoms with Crippen LogP contribution in [0.15, 0.2) is 42.9 Å². The van der Waals surface area contributed by atoms with Crippen molar-refractivity contribution in [3.05, 3.63) is 59.5 Å². The van der Waals surface area contributed by atoms with Crippen LogP contribution >= 0.6 is 0 Å². The molecule has 2 aromatic heterocycles. The third-order valence-corrected chi connectivity index (χ3v) is 4.37. The molecule has 0 bridgehead atoms. The summed E-state index contributed by atoms with van der Waals surface area (Å²) in [5.74, 6) is -0.0188. The number of hydrogen-bond acceptors (Lipinski definition) is 4. The number of carbonyl (C=O) groups is 1. The third-order valence-electron chi connectivity index (χ3n) is 4.37. The number of benzene rings is 1. The Labute approximate surface area is 133 Å². The summed E-state index contributed by atoms with van der Waals surface area (Å²) in [6.45, 7) is 1.07. The summed E-state index contributed by atoms with van der Waals surface area (Å²) in [4.78, 5) is 18.5. The summed E-state index contributed by atoms with van der Waals surface area (Å²) in [6.07, 6.45) is 5.85. The topological polar surface area (TPSA) is 87.9 Å². The van der Waals surface area contributed by atoms with Gasteiger partial charge in [0.1, 0.15) is 0 Å². The van der Waals surface area contributed by atoms with E-state index in [1.54, 1.807) is 12.4 Å². The van der Waals surface area contributed by atoms with Crippen LogP contribution in [-0.4, -0.2) is 32.0 Å². The van der Waals surface area contributed by atoms with E-state index in [0.29, 0.717) is 19.5 Å². The number of nitrogens with two attached hydrogens (primary N) is 1. The van der Waals surface area contributed by atoms with Crippen molar-refractivity contribution in [3.8, 4) is 0 Å². The second-order valence-electron chi connectivity index (χ2n) is 5.89. The van der Waals surface area contributed by atoms with E-state index < -0.39 is 6.04 Å². The molecule has 1 aliphatic heterocycles. The molecule has 0 saturated carbocycles. The molecule has 1 amide bonds. The fraction of sp³-hybridized carbons (Fsp3) is 0.235. The number of aromatic amines is 1. The average molecular weight is 307 g/mol. The predicted octanol–water partition coefficient (Wildman–Crippen LogP) is 1.37. The van der Waals surface area contributed by atoms with E-state index in [1.165, 1.54) is 0 Å². The molecule has 0 fully saturated rings. The van der Waals surface area contributed by atoms with E-state index in [2.05, 4.69) is 15.2 Å². The van der Waals surface area contributed by atoms with Crippen molar-refractivity contribution in [3.63, 3.8) is 0 Å². The van der Waals surface area contributed by atoms with Crippen molar-refractivity contribution in [2.75, 3.05) is 0 Å². The van der Waals surface area contributed by atoms with Crippen LogP contribution in [0.3, 0.4) is 0 Å². The van der Waals surface area contributed by atoms with Gasteiger partial charge in [-0.05, 0) is 41.3 Å². The highest BCUT2D eigenvalue weighted by molar-refractivity contribution is 5.87. The lowest BCUT2D eigenvalue weighted by molar-refractivity contribution is -0.133. The summed E-state index contributed by atoms with van der Waals surface area (Å²) in [5.41, 5.74) is 10.4. The van der Waals surface area contributed by atoms with Crippen molar-refractivity contribution in [2.24, 2.45) is 5.73 Å². The van der Waals surface area contributed by atoms with Gasteiger partial charge in [0.2, 0.25) is 5.91 Å². The largest absolute Gasteiger partial charge is 0.333 e. The molecule has 0 spiro atoms. The Morgan fingerprint density at radius 3 is 2.91 bits per heavy atom. The zero-order valence-corrected chi connectivity index (χ0v) is 12.6. The van der Waals surface area contributed by atoms with Crippen molar-refractivity contribution in [1.82, 2.24) is 20.1 Å². The number of carbonyl (C=O) groups excluding carboxylic acids is 1. The summed E-state index contributed by atoms with van der Waals surface area (Å²) in [6, 6.07) is 7.37. The molecule has 3 aromatic rings. The highest BCUT2D eigenvalue weighted by Gasteiger charge is 2.28. The maximum absolute atomic E-state index is 12.7. The number of rotatable bonds is 2. The van der Waals surface area contributed by atoms with Crippen LogP contribution in [0.4, 0.5) is 0 Å². The monoisotopic (exact) mass is 307 g/mol. The molecule has 4 rings (SSSR count). The van der Waals surface area contributed by atoms with Crippen LogP contribution in [0.2, 0.25) is 0 Å². The number of pyridine rings is 1. The molecular weight excluding hydrogens is 290 g/mol. The first-order valence-corrected chi connectivity index (χ1v) is 7.59. The van der Waals surface area contributed by atoms with Gasteiger partial charge < -0.3 is 10.6 Å². The van der Waals surface area contributed by atoms with Crippen LogP contribution < -0.4 is 5.73 Å². The fourth-order valence-corrected chi connectivity index (χ4v) is 3.17.